The molecule has 1 N–H and O–H groups in total. The zero-order valence-corrected chi connectivity index (χ0v) is 17.6. The second-order valence-corrected chi connectivity index (χ2v) is 8.96. The molecule has 154 valence electrons. The first kappa shape index (κ1) is 22.9. The van der Waals surface area contributed by atoms with Crippen LogP contribution in [0.1, 0.15) is 20.8 Å². The van der Waals surface area contributed by atoms with E-state index in [4.69, 9.17) is 27.8 Å². The van der Waals surface area contributed by atoms with Crippen molar-refractivity contribution in [3.05, 3.63) is 0 Å². The molecule has 9 nitrogen and oxygen atoms in total. The molecule has 0 spiro atoms. The number of phosphoric acid groups is 1. The van der Waals surface area contributed by atoms with Crippen LogP contribution in [0.3, 0.4) is 0 Å². The SMILES string of the molecule is B[C@@H]1O[C@H](COP(=O)(OC)O[C@H]2C(C)[C@H](B)O[C@@H]2CO)[C@@H](OC(C)=O)C1C. The van der Waals surface area contributed by atoms with Crippen LogP contribution in [-0.4, -0.2) is 83.5 Å². The maximum atomic E-state index is 12.9. The predicted molar refractivity (Wildman–Crippen MR) is 101 cm³/mol. The molecule has 27 heavy (non-hydrogen) atoms. The second-order valence-electron chi connectivity index (χ2n) is 7.23. The molecule has 2 aliphatic rings. The van der Waals surface area contributed by atoms with Crippen LogP contribution in [0.5, 0.6) is 0 Å². The third-order valence-corrected chi connectivity index (χ3v) is 6.80. The van der Waals surface area contributed by atoms with Crippen molar-refractivity contribution >= 4 is 29.5 Å². The number of hydrogen-bond acceptors (Lipinski definition) is 9. The van der Waals surface area contributed by atoms with Crippen molar-refractivity contribution in [3.63, 3.8) is 0 Å². The number of aliphatic hydroxyl groups is 1. The molecule has 0 saturated carbocycles. The van der Waals surface area contributed by atoms with E-state index in [-0.39, 0.29) is 37.1 Å². The molecule has 0 aromatic heterocycles. The highest BCUT2D eigenvalue weighted by atomic mass is 31.2. The Kier molecular flexibility index (Phi) is 7.96. The van der Waals surface area contributed by atoms with Gasteiger partial charge < -0.3 is 19.3 Å². The van der Waals surface area contributed by atoms with Crippen LogP contribution in [0, 0.1) is 11.8 Å². The first-order valence-corrected chi connectivity index (χ1v) is 10.7. The van der Waals surface area contributed by atoms with Crippen LogP contribution in [0.4, 0.5) is 0 Å². The molecule has 2 fully saturated rings. The van der Waals surface area contributed by atoms with Gasteiger partial charge in [0.1, 0.15) is 40.1 Å². The minimum absolute atomic E-state index is 0.0341. The van der Waals surface area contributed by atoms with Crippen molar-refractivity contribution in [1.82, 2.24) is 0 Å². The van der Waals surface area contributed by atoms with Gasteiger partial charge in [0.2, 0.25) is 0 Å². The molecule has 0 amide bonds. The smallest absolute Gasteiger partial charge is 0.459 e. The molecule has 0 aromatic carbocycles. The van der Waals surface area contributed by atoms with E-state index < -0.39 is 38.2 Å². The summed E-state index contributed by atoms with van der Waals surface area (Å²) in [4.78, 5) is 11.4. The zero-order valence-electron chi connectivity index (χ0n) is 16.7. The summed E-state index contributed by atoms with van der Waals surface area (Å²) >= 11 is 0. The largest absolute Gasteiger partial charge is 0.474 e. The summed E-state index contributed by atoms with van der Waals surface area (Å²) in [5.41, 5.74) is 0. The molecular formula is C15H29B2O9P. The highest BCUT2D eigenvalue weighted by Gasteiger charge is 2.47. The topological polar surface area (TPSA) is 110 Å². The fourth-order valence-corrected chi connectivity index (χ4v) is 4.63. The monoisotopic (exact) mass is 406 g/mol. The molecule has 0 bridgehead atoms. The summed E-state index contributed by atoms with van der Waals surface area (Å²) in [7, 11) is 1.03. The molecule has 12 heteroatoms. The van der Waals surface area contributed by atoms with E-state index in [0.717, 1.165) is 0 Å². The summed E-state index contributed by atoms with van der Waals surface area (Å²) in [5.74, 6) is -0.559. The number of ether oxygens (including phenoxy) is 3. The lowest BCUT2D eigenvalue weighted by Gasteiger charge is -2.26. The Labute approximate surface area is 161 Å². The van der Waals surface area contributed by atoms with Gasteiger partial charge in [-0.15, -0.1) is 0 Å². The van der Waals surface area contributed by atoms with Crippen molar-refractivity contribution in [3.8, 4) is 0 Å². The van der Waals surface area contributed by atoms with Gasteiger partial charge >= 0.3 is 13.8 Å². The summed E-state index contributed by atoms with van der Waals surface area (Å²) in [6.07, 6.45) is -2.35. The lowest BCUT2D eigenvalue weighted by molar-refractivity contribution is -0.151. The van der Waals surface area contributed by atoms with Crippen LogP contribution in [0.15, 0.2) is 0 Å². The Balaban J connectivity index is 2.02. The molecule has 2 rings (SSSR count). The molecule has 2 heterocycles. The standard InChI is InChI=1S/C15H29B2O9P/c1-7-12(23-9(3)19)11(25-14(7)16)6-22-27(20,21-4)26-13-8(2)15(17)24-10(13)5-18/h7-8,10-15,18H,5-6,16-17H2,1-4H3/t7?,8?,10-,11-,12+,13+,14-,15-,27?/m1/s1. The zero-order chi connectivity index (χ0) is 20.4. The Morgan fingerprint density at radius 2 is 1.67 bits per heavy atom. The van der Waals surface area contributed by atoms with E-state index in [1.165, 1.54) is 14.0 Å². The van der Waals surface area contributed by atoms with E-state index in [0.29, 0.717) is 0 Å². The molecule has 0 aliphatic carbocycles. The fourth-order valence-electron chi connectivity index (χ4n) is 3.43. The first-order chi connectivity index (χ1) is 12.6. The van der Waals surface area contributed by atoms with Gasteiger partial charge in [-0.05, 0) is 0 Å². The molecule has 2 saturated heterocycles. The molecule has 2 aliphatic heterocycles. The average molecular weight is 406 g/mol. The summed E-state index contributed by atoms with van der Waals surface area (Å²) in [6, 6.07) is -0.306. The molecule has 9 atom stereocenters. The van der Waals surface area contributed by atoms with Gasteiger partial charge in [0.25, 0.3) is 0 Å². The molecule has 0 radical (unpaired) electrons. The number of esters is 1. The van der Waals surface area contributed by atoms with E-state index in [2.05, 4.69) is 0 Å². The first-order valence-electron chi connectivity index (χ1n) is 9.19. The highest BCUT2D eigenvalue weighted by Crippen LogP contribution is 2.53. The van der Waals surface area contributed by atoms with E-state index in [1.807, 2.05) is 29.5 Å². The van der Waals surface area contributed by atoms with Gasteiger partial charge in [-0.1, -0.05) is 13.8 Å². The summed E-state index contributed by atoms with van der Waals surface area (Å²) < 4.78 is 45.8. The van der Waals surface area contributed by atoms with E-state index in [9.17, 15) is 14.5 Å². The third-order valence-electron chi connectivity index (χ3n) is 5.38. The second kappa shape index (κ2) is 9.39. The fraction of sp³-hybridized carbons (Fsp3) is 0.933. The highest BCUT2D eigenvalue weighted by molar-refractivity contribution is 7.48. The number of carbonyl (C=O) groups is 1. The van der Waals surface area contributed by atoms with Gasteiger partial charge in [0, 0.05) is 37.9 Å². The molecular weight excluding hydrogens is 377 g/mol. The van der Waals surface area contributed by atoms with Gasteiger partial charge in [-0.25, -0.2) is 4.57 Å². The molecule has 3 unspecified atom stereocenters. The summed E-state index contributed by atoms with van der Waals surface area (Å²) in [6.45, 7) is 4.73. The maximum Gasteiger partial charge on any atom is 0.474 e. The number of rotatable bonds is 8. The summed E-state index contributed by atoms with van der Waals surface area (Å²) in [5, 5.41) is 9.48. The van der Waals surface area contributed by atoms with Crippen molar-refractivity contribution in [2.75, 3.05) is 20.3 Å². The van der Waals surface area contributed by atoms with Crippen molar-refractivity contribution in [2.24, 2.45) is 11.8 Å². The average Bonchev–Trinajstić information content (AvgIpc) is 3.04. The minimum atomic E-state index is -3.93. The van der Waals surface area contributed by atoms with Crippen molar-refractivity contribution in [1.29, 1.82) is 0 Å². The molecule has 0 aromatic rings. The van der Waals surface area contributed by atoms with Gasteiger partial charge in [0.05, 0.1) is 13.2 Å². The van der Waals surface area contributed by atoms with Crippen molar-refractivity contribution < 1.29 is 42.2 Å². The predicted octanol–water partition coefficient (Wildman–Crippen LogP) is -0.945. The van der Waals surface area contributed by atoms with Crippen LogP contribution in [0.2, 0.25) is 0 Å². The van der Waals surface area contributed by atoms with E-state index >= 15 is 0 Å². The van der Waals surface area contributed by atoms with Crippen LogP contribution >= 0.6 is 7.82 Å². The lowest BCUT2D eigenvalue weighted by atomic mass is 9.86. The Morgan fingerprint density at radius 1 is 1.11 bits per heavy atom. The Bertz CT molecular complexity index is 565. The number of aliphatic hydroxyl groups excluding tert-OH is 1. The maximum absolute atomic E-state index is 12.9. The van der Waals surface area contributed by atoms with Gasteiger partial charge in [-0.2, -0.15) is 0 Å². The van der Waals surface area contributed by atoms with E-state index in [1.54, 1.807) is 0 Å². The third kappa shape index (κ3) is 5.35. The quantitative estimate of drug-likeness (QED) is 0.310. The Morgan fingerprint density at radius 3 is 2.19 bits per heavy atom. The number of phosphoric ester groups is 1. The normalized spacial score (nSPS) is 41.4. The van der Waals surface area contributed by atoms with Gasteiger partial charge in [-0.3, -0.25) is 18.4 Å². The number of hydrogen-bond donors (Lipinski definition) is 1. The number of carbonyl (C=O) groups excluding carboxylic acids is 1. The van der Waals surface area contributed by atoms with Gasteiger partial charge in [0.15, 0.2) is 0 Å². The lowest BCUT2D eigenvalue weighted by Crippen LogP contribution is -2.35. The minimum Gasteiger partial charge on any atom is -0.459 e. The Hall–Kier alpha value is -0.410. The van der Waals surface area contributed by atoms with Crippen LogP contribution in [-0.2, 0) is 37.1 Å². The van der Waals surface area contributed by atoms with Crippen molar-refractivity contribution in [2.45, 2.75) is 57.2 Å². The van der Waals surface area contributed by atoms with Crippen LogP contribution < -0.4 is 0 Å². The van der Waals surface area contributed by atoms with Crippen LogP contribution in [0.25, 0.3) is 0 Å².